The van der Waals surface area contributed by atoms with Crippen LogP contribution >= 0.6 is 15.9 Å². The van der Waals surface area contributed by atoms with Crippen LogP contribution in [-0.4, -0.2) is 34.3 Å². The SMILES string of the molecule is O=C(CN1C(=O)c2ccc(Br)cc2C1=O)Nc1cccc(O)c1. The van der Waals surface area contributed by atoms with Gasteiger partial charge in [-0.3, -0.25) is 19.3 Å². The maximum atomic E-state index is 12.3. The van der Waals surface area contributed by atoms with Crippen LogP contribution in [0.1, 0.15) is 20.7 Å². The van der Waals surface area contributed by atoms with E-state index in [1.807, 2.05) is 0 Å². The number of phenolic OH excluding ortho intramolecular Hbond substituents is 1. The van der Waals surface area contributed by atoms with E-state index in [1.54, 1.807) is 30.3 Å². The van der Waals surface area contributed by atoms with E-state index in [9.17, 15) is 19.5 Å². The van der Waals surface area contributed by atoms with E-state index in [0.717, 1.165) is 4.90 Å². The number of nitrogens with zero attached hydrogens (tertiary/aromatic N) is 1. The number of phenols is 1. The summed E-state index contributed by atoms with van der Waals surface area (Å²) in [5, 5.41) is 11.9. The molecular weight excluding hydrogens is 364 g/mol. The standard InChI is InChI=1S/C16H11BrN2O4/c17-9-4-5-12-13(6-9)16(23)19(15(12)22)8-14(21)18-10-2-1-3-11(20)7-10/h1-7,20H,8H2,(H,18,21). The highest BCUT2D eigenvalue weighted by atomic mass is 79.9. The lowest BCUT2D eigenvalue weighted by Gasteiger charge is -2.13. The van der Waals surface area contributed by atoms with Crippen LogP contribution in [0.25, 0.3) is 0 Å². The lowest BCUT2D eigenvalue weighted by molar-refractivity contribution is -0.116. The van der Waals surface area contributed by atoms with Crippen LogP contribution in [0.5, 0.6) is 5.75 Å². The fourth-order valence-corrected chi connectivity index (χ4v) is 2.70. The third-order valence-corrected chi connectivity index (χ3v) is 3.86. The zero-order valence-electron chi connectivity index (χ0n) is 11.7. The molecule has 0 atom stereocenters. The average Bonchev–Trinajstić information content (AvgIpc) is 2.72. The normalized spacial score (nSPS) is 13.2. The Kier molecular flexibility index (Phi) is 3.87. The second-order valence-electron chi connectivity index (χ2n) is 4.98. The predicted octanol–water partition coefficient (Wildman–Crippen LogP) is 2.39. The second-order valence-corrected chi connectivity index (χ2v) is 5.90. The summed E-state index contributed by atoms with van der Waals surface area (Å²) in [5.74, 6) is -1.52. The fourth-order valence-electron chi connectivity index (χ4n) is 2.33. The van der Waals surface area contributed by atoms with E-state index < -0.39 is 17.7 Å². The molecule has 23 heavy (non-hydrogen) atoms. The number of halogens is 1. The molecule has 0 aromatic heterocycles. The molecule has 2 aromatic rings. The molecule has 0 bridgehead atoms. The van der Waals surface area contributed by atoms with Gasteiger partial charge in [-0.1, -0.05) is 22.0 Å². The van der Waals surface area contributed by atoms with Gasteiger partial charge in [0, 0.05) is 16.2 Å². The fraction of sp³-hybridized carbons (Fsp3) is 0.0625. The summed E-state index contributed by atoms with van der Waals surface area (Å²) in [4.78, 5) is 37.4. The molecule has 0 aliphatic carbocycles. The van der Waals surface area contributed by atoms with Crippen LogP contribution in [0.3, 0.4) is 0 Å². The van der Waals surface area contributed by atoms with E-state index in [0.29, 0.717) is 10.2 Å². The average molecular weight is 375 g/mol. The number of carbonyl (C=O) groups excluding carboxylic acids is 3. The van der Waals surface area contributed by atoms with Gasteiger partial charge in [0.15, 0.2) is 0 Å². The van der Waals surface area contributed by atoms with Crippen molar-refractivity contribution >= 4 is 39.3 Å². The lowest BCUT2D eigenvalue weighted by Crippen LogP contribution is -2.37. The summed E-state index contributed by atoms with van der Waals surface area (Å²) >= 11 is 3.25. The highest BCUT2D eigenvalue weighted by Crippen LogP contribution is 2.26. The molecule has 0 fully saturated rings. The number of carbonyl (C=O) groups is 3. The molecule has 0 radical (unpaired) electrons. The molecule has 0 saturated heterocycles. The van der Waals surface area contributed by atoms with Crippen molar-refractivity contribution in [2.75, 3.05) is 11.9 Å². The minimum absolute atomic E-state index is 0.00776. The van der Waals surface area contributed by atoms with Gasteiger partial charge < -0.3 is 10.4 Å². The van der Waals surface area contributed by atoms with Crippen LogP contribution in [0.15, 0.2) is 46.9 Å². The maximum absolute atomic E-state index is 12.3. The molecule has 0 spiro atoms. The molecule has 3 amide bonds. The monoisotopic (exact) mass is 374 g/mol. The van der Waals surface area contributed by atoms with Crippen molar-refractivity contribution in [3.63, 3.8) is 0 Å². The summed E-state index contributed by atoms with van der Waals surface area (Å²) in [6.07, 6.45) is 0. The van der Waals surface area contributed by atoms with Crippen LogP contribution in [0.4, 0.5) is 5.69 Å². The van der Waals surface area contributed by atoms with E-state index in [1.165, 1.54) is 12.1 Å². The van der Waals surface area contributed by atoms with Crippen molar-refractivity contribution in [3.05, 3.63) is 58.1 Å². The molecule has 0 saturated carbocycles. The topological polar surface area (TPSA) is 86.7 Å². The number of anilines is 1. The van der Waals surface area contributed by atoms with Gasteiger partial charge in [-0.15, -0.1) is 0 Å². The largest absolute Gasteiger partial charge is 0.508 e. The van der Waals surface area contributed by atoms with Crippen LogP contribution < -0.4 is 5.32 Å². The van der Waals surface area contributed by atoms with Crippen molar-refractivity contribution < 1.29 is 19.5 Å². The highest BCUT2D eigenvalue weighted by molar-refractivity contribution is 9.10. The summed E-state index contributed by atoms with van der Waals surface area (Å²) < 4.78 is 0.684. The van der Waals surface area contributed by atoms with Gasteiger partial charge in [0.25, 0.3) is 11.8 Å². The Labute approximate surface area is 139 Å². The van der Waals surface area contributed by atoms with Crippen LogP contribution in [0, 0.1) is 0 Å². The second kappa shape index (κ2) is 5.85. The van der Waals surface area contributed by atoms with Crippen LogP contribution in [0.2, 0.25) is 0 Å². The Morgan fingerprint density at radius 2 is 1.83 bits per heavy atom. The first-order chi connectivity index (χ1) is 11.0. The Bertz CT molecular complexity index is 835. The molecule has 1 aliphatic heterocycles. The van der Waals surface area contributed by atoms with Gasteiger partial charge in [0.1, 0.15) is 12.3 Å². The number of fused-ring (bicyclic) bond motifs is 1. The van der Waals surface area contributed by atoms with Crippen molar-refractivity contribution in [1.29, 1.82) is 0 Å². The van der Waals surface area contributed by atoms with Gasteiger partial charge in [0.05, 0.1) is 11.1 Å². The molecule has 2 aromatic carbocycles. The maximum Gasteiger partial charge on any atom is 0.262 e. The summed E-state index contributed by atoms with van der Waals surface area (Å²) in [6, 6.07) is 10.8. The van der Waals surface area contributed by atoms with E-state index >= 15 is 0 Å². The van der Waals surface area contributed by atoms with Gasteiger partial charge in [-0.2, -0.15) is 0 Å². The first-order valence-electron chi connectivity index (χ1n) is 6.70. The number of hydrogen-bond donors (Lipinski definition) is 2. The van der Waals surface area contributed by atoms with E-state index in [2.05, 4.69) is 21.2 Å². The van der Waals surface area contributed by atoms with Crippen molar-refractivity contribution in [3.8, 4) is 5.75 Å². The van der Waals surface area contributed by atoms with Crippen molar-refractivity contribution in [1.82, 2.24) is 4.90 Å². The molecule has 1 aliphatic rings. The molecule has 3 rings (SSSR count). The highest BCUT2D eigenvalue weighted by Gasteiger charge is 2.36. The molecule has 7 heteroatoms. The summed E-state index contributed by atoms with van der Waals surface area (Å²) in [7, 11) is 0. The first kappa shape index (κ1) is 15.2. The van der Waals surface area contributed by atoms with Gasteiger partial charge in [-0.25, -0.2) is 0 Å². The van der Waals surface area contributed by atoms with Gasteiger partial charge >= 0.3 is 0 Å². The predicted molar refractivity (Wildman–Crippen MR) is 86.2 cm³/mol. The first-order valence-corrected chi connectivity index (χ1v) is 7.49. The smallest absolute Gasteiger partial charge is 0.262 e. The molecular formula is C16H11BrN2O4. The van der Waals surface area contributed by atoms with Crippen LogP contribution in [-0.2, 0) is 4.79 Å². The van der Waals surface area contributed by atoms with E-state index in [4.69, 9.17) is 0 Å². The zero-order chi connectivity index (χ0) is 16.6. The number of aromatic hydroxyl groups is 1. The number of rotatable bonds is 3. The Balaban J connectivity index is 1.75. The molecule has 1 heterocycles. The quantitative estimate of drug-likeness (QED) is 0.807. The number of nitrogens with one attached hydrogen (secondary N) is 1. The number of amides is 3. The third kappa shape index (κ3) is 2.95. The van der Waals surface area contributed by atoms with E-state index in [-0.39, 0.29) is 23.4 Å². The van der Waals surface area contributed by atoms with Gasteiger partial charge in [0.2, 0.25) is 5.91 Å². The molecule has 2 N–H and O–H groups in total. The van der Waals surface area contributed by atoms with Gasteiger partial charge in [-0.05, 0) is 30.3 Å². The summed E-state index contributed by atoms with van der Waals surface area (Å²) in [6.45, 7) is -0.389. The Hall–Kier alpha value is -2.67. The summed E-state index contributed by atoms with van der Waals surface area (Å²) in [5.41, 5.74) is 0.937. The molecule has 6 nitrogen and oxygen atoms in total. The number of benzene rings is 2. The number of imide groups is 1. The minimum atomic E-state index is -0.524. The van der Waals surface area contributed by atoms with Crippen molar-refractivity contribution in [2.24, 2.45) is 0 Å². The van der Waals surface area contributed by atoms with Crippen molar-refractivity contribution in [2.45, 2.75) is 0 Å². The third-order valence-electron chi connectivity index (χ3n) is 3.36. The Morgan fingerprint density at radius 1 is 1.09 bits per heavy atom. The molecule has 116 valence electrons. The zero-order valence-corrected chi connectivity index (χ0v) is 13.3. The molecule has 0 unspecified atom stereocenters. The Morgan fingerprint density at radius 3 is 2.57 bits per heavy atom. The lowest BCUT2D eigenvalue weighted by atomic mass is 10.1. The minimum Gasteiger partial charge on any atom is -0.508 e. The number of hydrogen-bond acceptors (Lipinski definition) is 4.